The molecule has 6 heteroatoms. The monoisotopic (exact) mass is 270 g/mol. The Hall–Kier alpha value is -2.50. The third kappa shape index (κ3) is 2.09. The maximum absolute atomic E-state index is 10.6. The number of aryl methyl sites for hydroxylation is 2. The van der Waals surface area contributed by atoms with Crippen LogP contribution in [-0.2, 0) is 11.2 Å². The molecule has 0 spiro atoms. The second-order valence-electron chi connectivity index (χ2n) is 4.73. The van der Waals surface area contributed by atoms with Crippen LogP contribution < -0.4 is 0 Å². The average Bonchev–Trinajstić information content (AvgIpc) is 2.82. The van der Waals surface area contributed by atoms with E-state index in [2.05, 4.69) is 15.3 Å². The summed E-state index contributed by atoms with van der Waals surface area (Å²) in [5.74, 6) is -0.0940. The smallest absolute Gasteiger partial charge is 0.303 e. The van der Waals surface area contributed by atoms with Crippen LogP contribution in [0.2, 0.25) is 0 Å². The minimum atomic E-state index is -0.798. The standard InChI is InChI=1S/C14H14N4O2/c1-9-10-5-2-3-6-11(10)14-16-15-12(18(14)17-9)7-4-8-13(19)20/h2-3,5-6H,4,7-8H2,1H3,(H,19,20). The zero-order valence-corrected chi connectivity index (χ0v) is 11.1. The molecule has 0 aliphatic rings. The lowest BCUT2D eigenvalue weighted by molar-refractivity contribution is -0.137. The Labute approximate surface area is 115 Å². The Morgan fingerprint density at radius 2 is 2.00 bits per heavy atom. The zero-order chi connectivity index (χ0) is 14.1. The van der Waals surface area contributed by atoms with Gasteiger partial charge in [0.25, 0.3) is 0 Å². The molecular weight excluding hydrogens is 256 g/mol. The first-order valence-electron chi connectivity index (χ1n) is 6.48. The van der Waals surface area contributed by atoms with E-state index in [1.54, 1.807) is 4.52 Å². The maximum Gasteiger partial charge on any atom is 0.303 e. The second-order valence-corrected chi connectivity index (χ2v) is 4.73. The van der Waals surface area contributed by atoms with Gasteiger partial charge in [-0.3, -0.25) is 4.79 Å². The van der Waals surface area contributed by atoms with E-state index in [9.17, 15) is 4.79 Å². The van der Waals surface area contributed by atoms with Crippen LogP contribution >= 0.6 is 0 Å². The van der Waals surface area contributed by atoms with Crippen molar-refractivity contribution in [1.82, 2.24) is 19.8 Å². The highest BCUT2D eigenvalue weighted by atomic mass is 16.4. The van der Waals surface area contributed by atoms with Crippen molar-refractivity contribution in [3.05, 3.63) is 35.8 Å². The van der Waals surface area contributed by atoms with Gasteiger partial charge in [0.05, 0.1) is 5.69 Å². The molecule has 0 saturated carbocycles. The SMILES string of the molecule is Cc1nn2c(CCCC(=O)O)nnc2c2ccccc12. The molecule has 2 heterocycles. The van der Waals surface area contributed by atoms with Crippen molar-refractivity contribution in [3.8, 4) is 0 Å². The summed E-state index contributed by atoms with van der Waals surface area (Å²) in [6.07, 6.45) is 1.21. The molecule has 0 radical (unpaired) electrons. The van der Waals surface area contributed by atoms with Crippen LogP contribution in [0.5, 0.6) is 0 Å². The van der Waals surface area contributed by atoms with Crippen LogP contribution in [0.15, 0.2) is 24.3 Å². The number of benzene rings is 1. The first kappa shape index (κ1) is 12.5. The fraction of sp³-hybridized carbons (Fsp3) is 0.286. The molecule has 0 amide bonds. The summed E-state index contributed by atoms with van der Waals surface area (Å²) in [5, 5.41) is 23.6. The van der Waals surface area contributed by atoms with Crippen molar-refractivity contribution in [2.75, 3.05) is 0 Å². The van der Waals surface area contributed by atoms with E-state index in [0.717, 1.165) is 22.1 Å². The van der Waals surface area contributed by atoms with Crippen molar-refractivity contribution < 1.29 is 9.90 Å². The molecule has 6 nitrogen and oxygen atoms in total. The molecule has 2 aromatic heterocycles. The summed E-state index contributed by atoms with van der Waals surface area (Å²) in [6.45, 7) is 1.95. The summed E-state index contributed by atoms with van der Waals surface area (Å²) in [5.41, 5.74) is 1.63. The number of hydrogen-bond acceptors (Lipinski definition) is 4. The number of aliphatic carboxylic acids is 1. The molecule has 0 aliphatic carbocycles. The molecule has 102 valence electrons. The van der Waals surface area contributed by atoms with E-state index in [4.69, 9.17) is 5.11 Å². The van der Waals surface area contributed by atoms with Gasteiger partial charge in [0.2, 0.25) is 0 Å². The van der Waals surface area contributed by atoms with Gasteiger partial charge in [0.1, 0.15) is 0 Å². The Balaban J connectivity index is 2.06. The largest absolute Gasteiger partial charge is 0.481 e. The molecule has 1 aromatic carbocycles. The van der Waals surface area contributed by atoms with Crippen molar-refractivity contribution >= 4 is 22.4 Å². The number of nitrogens with zero attached hydrogens (tertiary/aromatic N) is 4. The normalized spacial score (nSPS) is 11.2. The predicted octanol–water partition coefficient (Wildman–Crippen LogP) is 1.99. The van der Waals surface area contributed by atoms with Gasteiger partial charge in [-0.1, -0.05) is 24.3 Å². The van der Waals surface area contributed by atoms with Crippen molar-refractivity contribution in [2.24, 2.45) is 0 Å². The summed E-state index contributed by atoms with van der Waals surface area (Å²) in [7, 11) is 0. The van der Waals surface area contributed by atoms with E-state index in [1.807, 2.05) is 31.2 Å². The molecule has 0 aliphatic heterocycles. The fourth-order valence-corrected chi connectivity index (χ4v) is 2.34. The summed E-state index contributed by atoms with van der Waals surface area (Å²) >= 11 is 0. The minimum Gasteiger partial charge on any atom is -0.481 e. The van der Waals surface area contributed by atoms with Gasteiger partial charge in [-0.2, -0.15) is 9.61 Å². The lowest BCUT2D eigenvalue weighted by Gasteiger charge is -2.04. The van der Waals surface area contributed by atoms with E-state index in [0.29, 0.717) is 18.7 Å². The number of carboxylic acids is 1. The lowest BCUT2D eigenvalue weighted by atomic mass is 10.1. The molecule has 0 saturated heterocycles. The predicted molar refractivity (Wildman–Crippen MR) is 73.6 cm³/mol. The van der Waals surface area contributed by atoms with E-state index >= 15 is 0 Å². The first-order valence-corrected chi connectivity index (χ1v) is 6.48. The lowest BCUT2D eigenvalue weighted by Crippen LogP contribution is -2.03. The molecule has 20 heavy (non-hydrogen) atoms. The number of carboxylic acid groups (broad SMARTS) is 1. The van der Waals surface area contributed by atoms with E-state index in [1.165, 1.54) is 0 Å². The van der Waals surface area contributed by atoms with Gasteiger partial charge < -0.3 is 5.11 Å². The van der Waals surface area contributed by atoms with Gasteiger partial charge in [-0.15, -0.1) is 10.2 Å². The molecule has 0 atom stereocenters. The van der Waals surface area contributed by atoms with E-state index < -0.39 is 5.97 Å². The Morgan fingerprint density at radius 1 is 1.25 bits per heavy atom. The molecule has 0 unspecified atom stereocenters. The quantitative estimate of drug-likeness (QED) is 0.784. The van der Waals surface area contributed by atoms with Crippen LogP contribution in [0.3, 0.4) is 0 Å². The van der Waals surface area contributed by atoms with Gasteiger partial charge in [-0.25, -0.2) is 0 Å². The number of aromatic nitrogens is 4. The fourth-order valence-electron chi connectivity index (χ4n) is 2.34. The second kappa shape index (κ2) is 4.88. The van der Waals surface area contributed by atoms with Crippen LogP contribution in [0.25, 0.3) is 16.4 Å². The van der Waals surface area contributed by atoms with Crippen molar-refractivity contribution in [2.45, 2.75) is 26.2 Å². The topological polar surface area (TPSA) is 80.4 Å². The molecule has 0 bridgehead atoms. The first-order chi connectivity index (χ1) is 9.66. The number of carbonyl (C=O) groups is 1. The number of rotatable bonds is 4. The third-order valence-electron chi connectivity index (χ3n) is 3.30. The highest BCUT2D eigenvalue weighted by Crippen LogP contribution is 2.21. The Morgan fingerprint density at radius 3 is 2.75 bits per heavy atom. The summed E-state index contributed by atoms with van der Waals surface area (Å²) in [4.78, 5) is 10.6. The molecule has 0 fully saturated rings. The number of fused-ring (bicyclic) bond motifs is 3. The van der Waals surface area contributed by atoms with Gasteiger partial charge in [-0.05, 0) is 13.3 Å². The van der Waals surface area contributed by atoms with E-state index in [-0.39, 0.29) is 6.42 Å². The van der Waals surface area contributed by atoms with Crippen LogP contribution in [0, 0.1) is 6.92 Å². The number of hydrogen-bond donors (Lipinski definition) is 1. The van der Waals surface area contributed by atoms with Gasteiger partial charge >= 0.3 is 5.97 Å². The average molecular weight is 270 g/mol. The Bertz CT molecular complexity index is 794. The van der Waals surface area contributed by atoms with Crippen LogP contribution in [0.1, 0.15) is 24.4 Å². The maximum atomic E-state index is 10.6. The molecular formula is C14H14N4O2. The van der Waals surface area contributed by atoms with Crippen LogP contribution in [-0.4, -0.2) is 30.9 Å². The minimum absolute atomic E-state index is 0.126. The Kier molecular flexibility index (Phi) is 3.06. The molecule has 1 N–H and O–H groups in total. The molecule has 3 rings (SSSR count). The van der Waals surface area contributed by atoms with Crippen molar-refractivity contribution in [3.63, 3.8) is 0 Å². The van der Waals surface area contributed by atoms with Crippen LogP contribution in [0.4, 0.5) is 0 Å². The highest BCUT2D eigenvalue weighted by molar-refractivity contribution is 5.94. The van der Waals surface area contributed by atoms with Gasteiger partial charge in [0.15, 0.2) is 11.5 Å². The van der Waals surface area contributed by atoms with Gasteiger partial charge in [0, 0.05) is 23.6 Å². The molecule has 3 aromatic rings. The third-order valence-corrected chi connectivity index (χ3v) is 3.30. The summed E-state index contributed by atoms with van der Waals surface area (Å²) < 4.78 is 1.72. The van der Waals surface area contributed by atoms with Crippen molar-refractivity contribution in [1.29, 1.82) is 0 Å². The highest BCUT2D eigenvalue weighted by Gasteiger charge is 2.12. The summed E-state index contributed by atoms with van der Waals surface area (Å²) in [6, 6.07) is 7.93. The zero-order valence-electron chi connectivity index (χ0n) is 11.1.